The van der Waals surface area contributed by atoms with E-state index in [2.05, 4.69) is 16.2 Å². The zero-order valence-electron chi connectivity index (χ0n) is 10.5. The smallest absolute Gasteiger partial charge is 0.327 e. The lowest BCUT2D eigenvalue weighted by molar-refractivity contribution is -0.137. The number of carboxylic acids is 1. The minimum absolute atomic E-state index is 0.0247. The normalized spacial score (nSPS) is 11.3. The highest BCUT2D eigenvalue weighted by molar-refractivity contribution is 5.95. The number of benzene rings is 1. The zero-order valence-corrected chi connectivity index (χ0v) is 10.5. The maximum atomic E-state index is 11.2. The molecule has 1 atom stereocenters. The first-order chi connectivity index (χ1) is 9.67. The van der Waals surface area contributed by atoms with Crippen LogP contribution < -0.4 is 5.32 Å². The van der Waals surface area contributed by atoms with Gasteiger partial charge in [-0.05, 0) is 6.07 Å². The molecule has 2 rings (SSSR count). The number of carboxylic acid groups (broad SMARTS) is 1. The minimum atomic E-state index is -1.06. The second-order valence-electron chi connectivity index (χ2n) is 4.12. The molecule has 5 heteroatoms. The lowest BCUT2D eigenvalue weighted by Gasteiger charge is -2.16. The number of carbonyl (C=O) groups is 1. The number of nitrogens with one attached hydrogen (secondary N) is 1. The molecule has 0 saturated heterocycles. The van der Waals surface area contributed by atoms with E-state index in [0.29, 0.717) is 16.6 Å². The Balaban J connectivity index is 2.54. The van der Waals surface area contributed by atoms with Gasteiger partial charge in [0, 0.05) is 18.0 Å². The SMILES string of the molecule is C#CCC(Nc1c(C#N)cnc2ccccc12)C(=O)O. The fraction of sp³-hybridized carbons (Fsp3) is 0.133. The number of rotatable bonds is 4. The molecule has 0 spiro atoms. The van der Waals surface area contributed by atoms with Gasteiger partial charge < -0.3 is 10.4 Å². The van der Waals surface area contributed by atoms with Crippen molar-refractivity contribution >= 4 is 22.6 Å². The molecule has 1 aromatic carbocycles. The fourth-order valence-corrected chi connectivity index (χ4v) is 1.87. The van der Waals surface area contributed by atoms with E-state index in [1.807, 2.05) is 12.1 Å². The number of nitrogens with zero attached hydrogens (tertiary/aromatic N) is 2. The first-order valence-corrected chi connectivity index (χ1v) is 5.88. The average molecular weight is 265 g/mol. The van der Waals surface area contributed by atoms with E-state index in [1.165, 1.54) is 6.20 Å². The Morgan fingerprint density at radius 1 is 1.50 bits per heavy atom. The standard InChI is InChI=1S/C15H11N3O2/c1-2-5-13(15(19)20)18-14-10(8-16)9-17-12-7-4-3-6-11(12)14/h1,3-4,6-7,9,13H,5H2,(H,17,18)(H,19,20). The van der Waals surface area contributed by atoms with Crippen molar-refractivity contribution in [3.05, 3.63) is 36.0 Å². The van der Waals surface area contributed by atoms with Gasteiger partial charge in [-0.1, -0.05) is 18.2 Å². The van der Waals surface area contributed by atoms with Gasteiger partial charge in [0.2, 0.25) is 0 Å². The molecule has 0 fully saturated rings. The molecule has 1 aromatic heterocycles. The summed E-state index contributed by atoms with van der Waals surface area (Å²) in [6, 6.07) is 8.25. The summed E-state index contributed by atoms with van der Waals surface area (Å²) < 4.78 is 0. The summed E-state index contributed by atoms with van der Waals surface area (Å²) in [4.78, 5) is 15.3. The number of pyridine rings is 1. The van der Waals surface area contributed by atoms with Crippen molar-refractivity contribution < 1.29 is 9.90 Å². The van der Waals surface area contributed by atoms with Crippen LogP contribution in [0.4, 0.5) is 5.69 Å². The highest BCUT2D eigenvalue weighted by Gasteiger charge is 2.19. The molecule has 0 bridgehead atoms. The van der Waals surface area contributed by atoms with E-state index in [0.717, 1.165) is 0 Å². The van der Waals surface area contributed by atoms with Gasteiger partial charge in [0.15, 0.2) is 0 Å². The van der Waals surface area contributed by atoms with Crippen LogP contribution in [-0.2, 0) is 4.79 Å². The number of para-hydroxylation sites is 1. The van der Waals surface area contributed by atoms with Crippen LogP contribution in [0.3, 0.4) is 0 Å². The fourth-order valence-electron chi connectivity index (χ4n) is 1.87. The summed E-state index contributed by atoms with van der Waals surface area (Å²) in [7, 11) is 0. The predicted molar refractivity (Wildman–Crippen MR) is 75.0 cm³/mol. The number of terminal acetylenes is 1. The molecular formula is C15H11N3O2. The summed E-state index contributed by atoms with van der Waals surface area (Å²) in [5.74, 6) is 1.25. The molecule has 2 N–H and O–H groups in total. The molecule has 98 valence electrons. The third kappa shape index (κ3) is 2.52. The minimum Gasteiger partial charge on any atom is -0.480 e. The van der Waals surface area contributed by atoms with Crippen molar-refractivity contribution in [1.29, 1.82) is 5.26 Å². The highest BCUT2D eigenvalue weighted by Crippen LogP contribution is 2.26. The van der Waals surface area contributed by atoms with Crippen molar-refractivity contribution in [3.63, 3.8) is 0 Å². The quantitative estimate of drug-likeness (QED) is 0.826. The molecule has 1 unspecified atom stereocenters. The summed E-state index contributed by atoms with van der Waals surface area (Å²) in [6.45, 7) is 0. The van der Waals surface area contributed by atoms with Crippen LogP contribution in [-0.4, -0.2) is 22.1 Å². The highest BCUT2D eigenvalue weighted by atomic mass is 16.4. The monoisotopic (exact) mass is 265 g/mol. The van der Waals surface area contributed by atoms with Crippen molar-refractivity contribution in [1.82, 2.24) is 4.98 Å². The molecule has 0 aliphatic heterocycles. The Bertz CT molecular complexity index is 741. The molecule has 2 aromatic rings. The predicted octanol–water partition coefficient (Wildman–Crippen LogP) is 1.99. The van der Waals surface area contributed by atoms with Gasteiger partial charge in [0.05, 0.1) is 16.8 Å². The molecule has 0 radical (unpaired) electrons. The number of hydrogen-bond donors (Lipinski definition) is 2. The number of nitriles is 1. The second kappa shape index (κ2) is 5.73. The van der Waals surface area contributed by atoms with E-state index in [4.69, 9.17) is 16.8 Å². The maximum absolute atomic E-state index is 11.2. The number of hydrogen-bond acceptors (Lipinski definition) is 4. The molecule has 0 amide bonds. The zero-order chi connectivity index (χ0) is 14.5. The molecule has 0 saturated carbocycles. The molecule has 20 heavy (non-hydrogen) atoms. The Morgan fingerprint density at radius 2 is 2.25 bits per heavy atom. The van der Waals surface area contributed by atoms with E-state index >= 15 is 0 Å². The maximum Gasteiger partial charge on any atom is 0.327 e. The van der Waals surface area contributed by atoms with Crippen LogP contribution in [0.1, 0.15) is 12.0 Å². The lowest BCUT2D eigenvalue weighted by atomic mass is 10.1. The van der Waals surface area contributed by atoms with Gasteiger partial charge in [0.1, 0.15) is 12.1 Å². The van der Waals surface area contributed by atoms with Crippen LogP contribution >= 0.6 is 0 Å². The molecular weight excluding hydrogens is 254 g/mol. The molecule has 0 aliphatic carbocycles. The summed E-state index contributed by atoms with van der Waals surface area (Å²) in [5.41, 5.74) is 1.41. The van der Waals surface area contributed by atoms with Crippen LogP contribution in [0, 0.1) is 23.7 Å². The van der Waals surface area contributed by atoms with Gasteiger partial charge in [0.25, 0.3) is 0 Å². The van der Waals surface area contributed by atoms with E-state index in [-0.39, 0.29) is 12.0 Å². The molecule has 5 nitrogen and oxygen atoms in total. The topological polar surface area (TPSA) is 86.0 Å². The molecule has 1 heterocycles. The van der Waals surface area contributed by atoms with Gasteiger partial charge in [-0.3, -0.25) is 4.98 Å². The Kier molecular flexibility index (Phi) is 3.83. The van der Waals surface area contributed by atoms with E-state index in [1.54, 1.807) is 18.2 Å². The van der Waals surface area contributed by atoms with Crippen LogP contribution in [0.25, 0.3) is 10.9 Å². The summed E-state index contributed by atoms with van der Waals surface area (Å²) in [6.07, 6.45) is 6.61. The molecule has 0 aliphatic rings. The summed E-state index contributed by atoms with van der Waals surface area (Å²) in [5, 5.41) is 21.8. The van der Waals surface area contributed by atoms with Crippen molar-refractivity contribution in [2.24, 2.45) is 0 Å². The van der Waals surface area contributed by atoms with Crippen LogP contribution in [0.5, 0.6) is 0 Å². The van der Waals surface area contributed by atoms with Crippen molar-refractivity contribution in [2.45, 2.75) is 12.5 Å². The Hall–Kier alpha value is -3.05. The number of aromatic nitrogens is 1. The van der Waals surface area contributed by atoms with Gasteiger partial charge in [-0.25, -0.2) is 4.79 Å². The lowest BCUT2D eigenvalue weighted by Crippen LogP contribution is -2.29. The van der Waals surface area contributed by atoms with Crippen molar-refractivity contribution in [2.75, 3.05) is 5.32 Å². The van der Waals surface area contributed by atoms with Crippen LogP contribution in [0.2, 0.25) is 0 Å². The summed E-state index contributed by atoms with van der Waals surface area (Å²) >= 11 is 0. The van der Waals surface area contributed by atoms with E-state index in [9.17, 15) is 4.79 Å². The first-order valence-electron chi connectivity index (χ1n) is 5.88. The third-order valence-corrected chi connectivity index (χ3v) is 2.83. The number of aliphatic carboxylic acids is 1. The van der Waals surface area contributed by atoms with Gasteiger partial charge in [-0.15, -0.1) is 12.3 Å². The first kappa shape index (κ1) is 13.4. The third-order valence-electron chi connectivity index (χ3n) is 2.83. The van der Waals surface area contributed by atoms with Gasteiger partial charge in [-0.2, -0.15) is 5.26 Å². The van der Waals surface area contributed by atoms with Gasteiger partial charge >= 0.3 is 5.97 Å². The van der Waals surface area contributed by atoms with E-state index < -0.39 is 12.0 Å². The van der Waals surface area contributed by atoms with Crippen LogP contribution in [0.15, 0.2) is 30.5 Å². The largest absolute Gasteiger partial charge is 0.480 e. The number of fused-ring (bicyclic) bond motifs is 1. The Labute approximate surface area is 115 Å². The number of anilines is 1. The Morgan fingerprint density at radius 3 is 2.90 bits per heavy atom. The average Bonchev–Trinajstić information content (AvgIpc) is 2.46. The second-order valence-corrected chi connectivity index (χ2v) is 4.12. The van der Waals surface area contributed by atoms with Crippen molar-refractivity contribution in [3.8, 4) is 18.4 Å².